The van der Waals surface area contributed by atoms with E-state index in [-0.39, 0.29) is 22.2 Å². The van der Waals surface area contributed by atoms with Crippen molar-refractivity contribution in [2.75, 3.05) is 0 Å². The molecule has 0 spiro atoms. The second-order valence-corrected chi connectivity index (χ2v) is 10.6. The Morgan fingerprint density at radius 1 is 0.609 bits per heavy atom. The van der Waals surface area contributed by atoms with Gasteiger partial charge in [-0.15, -0.1) is 20.5 Å². The van der Waals surface area contributed by atoms with E-state index < -0.39 is 0 Å². The first-order valence-corrected chi connectivity index (χ1v) is 9.12. The molecule has 2 aliphatic heterocycles. The number of piperidine rings is 2. The number of hydrogen-bond donors (Lipinski definition) is 0. The first kappa shape index (κ1) is 19.2. The summed E-state index contributed by atoms with van der Waals surface area (Å²) in [4.78, 5) is 0. The van der Waals surface area contributed by atoms with Crippen LogP contribution in [0.5, 0.6) is 0 Å². The molecule has 4 heteroatoms. The molecule has 0 amide bonds. The second-order valence-electron chi connectivity index (χ2n) is 10.6. The lowest BCUT2D eigenvalue weighted by molar-refractivity contribution is -0.301. The highest BCUT2D eigenvalue weighted by Crippen LogP contribution is 2.47. The van der Waals surface area contributed by atoms with Crippen LogP contribution in [-0.4, -0.2) is 32.3 Å². The molecule has 0 unspecified atom stereocenters. The minimum atomic E-state index is -0.295. The van der Waals surface area contributed by atoms with E-state index in [2.05, 4.69) is 55.4 Å². The summed E-state index contributed by atoms with van der Waals surface area (Å²) in [5.74, 6) is 1.14. The lowest BCUT2D eigenvalue weighted by atomic mass is 9.67. The van der Waals surface area contributed by atoms with Crippen LogP contribution in [0.4, 0.5) is 0 Å². The number of hydrogen-bond acceptors (Lipinski definition) is 2. The molecular formula is C19H36N2O2. The van der Waals surface area contributed by atoms with Crippen LogP contribution >= 0.6 is 0 Å². The Labute approximate surface area is 142 Å². The zero-order chi connectivity index (χ0) is 17.8. The van der Waals surface area contributed by atoms with Crippen LogP contribution in [0, 0.1) is 11.8 Å². The summed E-state index contributed by atoms with van der Waals surface area (Å²) in [7, 11) is 0. The fraction of sp³-hybridized carbons (Fsp3) is 1.00. The Bertz CT molecular complexity index is 367. The molecule has 0 aromatic carbocycles. The molecule has 23 heavy (non-hydrogen) atoms. The smallest absolute Gasteiger partial charge is 0.0446 e. The Balaban J connectivity index is 2.10. The maximum Gasteiger partial charge on any atom is 0.0446 e. The van der Waals surface area contributed by atoms with E-state index in [1.54, 1.807) is 0 Å². The molecule has 2 rings (SSSR count). The predicted molar refractivity (Wildman–Crippen MR) is 91.4 cm³/mol. The summed E-state index contributed by atoms with van der Waals surface area (Å²) in [5.41, 5.74) is -1.18. The van der Waals surface area contributed by atoms with Crippen molar-refractivity contribution in [1.29, 1.82) is 0 Å². The molecule has 2 radical (unpaired) electrons. The van der Waals surface area contributed by atoms with Crippen molar-refractivity contribution in [3.8, 4) is 0 Å². The van der Waals surface area contributed by atoms with Crippen LogP contribution in [0.1, 0.15) is 87.5 Å². The van der Waals surface area contributed by atoms with Crippen LogP contribution < -0.4 is 0 Å². The number of hydroxylamine groups is 4. The molecule has 0 aromatic rings. The molecule has 134 valence electrons. The Hall–Kier alpha value is -0.160. The molecule has 2 saturated heterocycles. The SMILES string of the molecule is CC1(C)CC(CC2CC(C)(C)N([O])C(C)(C)C2)CC(C)(C)N1[O]. The van der Waals surface area contributed by atoms with Gasteiger partial charge in [-0.1, -0.05) is 0 Å². The normalized spacial score (nSPS) is 32.1. The van der Waals surface area contributed by atoms with Crippen molar-refractivity contribution in [1.82, 2.24) is 10.1 Å². The van der Waals surface area contributed by atoms with Gasteiger partial charge in [0.1, 0.15) is 0 Å². The fourth-order valence-corrected chi connectivity index (χ4v) is 5.75. The highest BCUT2D eigenvalue weighted by Gasteiger charge is 2.49. The van der Waals surface area contributed by atoms with Crippen molar-refractivity contribution >= 4 is 0 Å². The van der Waals surface area contributed by atoms with Crippen LogP contribution in [-0.2, 0) is 10.4 Å². The van der Waals surface area contributed by atoms with Gasteiger partial charge in [-0.05, 0) is 99.3 Å². The van der Waals surface area contributed by atoms with Crippen molar-refractivity contribution in [3.63, 3.8) is 0 Å². The first-order valence-electron chi connectivity index (χ1n) is 9.12. The Morgan fingerprint density at radius 2 is 0.826 bits per heavy atom. The van der Waals surface area contributed by atoms with Gasteiger partial charge in [-0.2, -0.15) is 0 Å². The standard InChI is InChI=1S/C19H36N2O2/c1-16(2)10-14(11-17(3,4)20(16)22)9-15-12-18(5,6)21(23)19(7,8)13-15/h14-15H,9-13H2,1-8H3. The van der Waals surface area contributed by atoms with Crippen molar-refractivity contribution in [3.05, 3.63) is 0 Å². The van der Waals surface area contributed by atoms with Crippen LogP contribution in [0.3, 0.4) is 0 Å². The summed E-state index contributed by atoms with van der Waals surface area (Å²) in [6.45, 7) is 16.6. The summed E-state index contributed by atoms with van der Waals surface area (Å²) in [6, 6.07) is 0. The van der Waals surface area contributed by atoms with E-state index in [0.717, 1.165) is 32.1 Å². The lowest BCUT2D eigenvalue weighted by Crippen LogP contribution is -2.60. The molecular weight excluding hydrogens is 288 g/mol. The Kier molecular flexibility index (Phi) is 4.74. The van der Waals surface area contributed by atoms with Crippen molar-refractivity contribution in [2.24, 2.45) is 11.8 Å². The maximum atomic E-state index is 12.5. The second kappa shape index (κ2) is 5.69. The van der Waals surface area contributed by atoms with Gasteiger partial charge in [0.05, 0.1) is 0 Å². The molecule has 0 aromatic heterocycles. The van der Waals surface area contributed by atoms with E-state index >= 15 is 0 Å². The topological polar surface area (TPSA) is 46.3 Å². The van der Waals surface area contributed by atoms with Gasteiger partial charge in [-0.25, -0.2) is 0 Å². The number of rotatable bonds is 2. The van der Waals surface area contributed by atoms with Crippen LogP contribution in [0.15, 0.2) is 0 Å². The van der Waals surface area contributed by atoms with E-state index in [4.69, 9.17) is 0 Å². The quantitative estimate of drug-likeness (QED) is 0.745. The third kappa shape index (κ3) is 3.76. The minimum absolute atomic E-state index is 0.295. The first-order chi connectivity index (χ1) is 10.2. The monoisotopic (exact) mass is 324 g/mol. The minimum Gasteiger partial charge on any atom is -0.144 e. The van der Waals surface area contributed by atoms with E-state index in [1.165, 1.54) is 10.1 Å². The van der Waals surface area contributed by atoms with E-state index in [1.807, 2.05) is 0 Å². The number of nitrogens with zero attached hydrogens (tertiary/aromatic N) is 2. The van der Waals surface area contributed by atoms with Gasteiger partial charge in [0.2, 0.25) is 0 Å². The van der Waals surface area contributed by atoms with Crippen LogP contribution in [0.25, 0.3) is 0 Å². The third-order valence-electron chi connectivity index (χ3n) is 6.02. The molecule has 0 bridgehead atoms. The molecule has 2 fully saturated rings. The summed E-state index contributed by atoms with van der Waals surface area (Å²) in [6.07, 6.45) is 4.97. The van der Waals surface area contributed by atoms with Gasteiger partial charge in [0, 0.05) is 22.2 Å². The molecule has 4 nitrogen and oxygen atoms in total. The zero-order valence-corrected chi connectivity index (χ0v) is 16.4. The highest BCUT2D eigenvalue weighted by atomic mass is 16.5. The summed E-state index contributed by atoms with van der Waals surface area (Å²) in [5, 5.41) is 27.7. The molecule has 0 atom stereocenters. The average Bonchev–Trinajstić information content (AvgIpc) is 2.31. The van der Waals surface area contributed by atoms with Crippen molar-refractivity contribution in [2.45, 2.75) is 110 Å². The van der Waals surface area contributed by atoms with Gasteiger partial charge in [-0.3, -0.25) is 0 Å². The average molecular weight is 325 g/mol. The zero-order valence-electron chi connectivity index (χ0n) is 16.4. The van der Waals surface area contributed by atoms with Gasteiger partial charge < -0.3 is 0 Å². The largest absolute Gasteiger partial charge is 0.144 e. The maximum absolute atomic E-state index is 12.5. The molecule has 0 N–H and O–H groups in total. The molecule has 0 saturated carbocycles. The van der Waals surface area contributed by atoms with Gasteiger partial charge in [0.25, 0.3) is 0 Å². The molecule has 2 heterocycles. The lowest BCUT2D eigenvalue weighted by Gasteiger charge is -2.53. The summed E-state index contributed by atoms with van der Waals surface area (Å²) >= 11 is 0. The highest BCUT2D eigenvalue weighted by molar-refractivity contribution is 5.00. The third-order valence-corrected chi connectivity index (χ3v) is 6.02. The molecule has 2 aliphatic rings. The fourth-order valence-electron chi connectivity index (χ4n) is 5.75. The van der Waals surface area contributed by atoms with Gasteiger partial charge >= 0.3 is 0 Å². The summed E-state index contributed by atoms with van der Waals surface area (Å²) < 4.78 is 0. The van der Waals surface area contributed by atoms with Crippen LogP contribution in [0.2, 0.25) is 0 Å². The van der Waals surface area contributed by atoms with Gasteiger partial charge in [0.15, 0.2) is 0 Å². The van der Waals surface area contributed by atoms with E-state index in [0.29, 0.717) is 11.8 Å². The van der Waals surface area contributed by atoms with Crippen molar-refractivity contribution < 1.29 is 10.4 Å². The Morgan fingerprint density at radius 3 is 1.04 bits per heavy atom. The predicted octanol–water partition coefficient (Wildman–Crippen LogP) is 4.61. The molecule has 0 aliphatic carbocycles. The van der Waals surface area contributed by atoms with E-state index in [9.17, 15) is 10.4 Å².